The minimum atomic E-state index is -3.50. The van der Waals surface area contributed by atoms with Gasteiger partial charge in [0.25, 0.3) is 0 Å². The lowest BCUT2D eigenvalue weighted by atomic mass is 10.5. The van der Waals surface area contributed by atoms with Crippen LogP contribution in [0.5, 0.6) is 0 Å². The van der Waals surface area contributed by atoms with E-state index >= 15 is 0 Å². The fourth-order valence-corrected chi connectivity index (χ4v) is 2.51. The van der Waals surface area contributed by atoms with E-state index in [0.717, 1.165) is 0 Å². The Kier molecular flexibility index (Phi) is 7.45. The van der Waals surface area contributed by atoms with Gasteiger partial charge < -0.3 is 14.8 Å². The molecule has 1 heterocycles. The topological polar surface area (TPSA) is 89.6 Å². The first-order valence-corrected chi connectivity index (χ1v) is 7.78. The van der Waals surface area contributed by atoms with E-state index in [9.17, 15) is 8.42 Å². The molecule has 0 aliphatic heterocycles. The summed E-state index contributed by atoms with van der Waals surface area (Å²) in [7, 11) is -0.214. The fraction of sp³-hybridized carbons (Fsp3) is 0.583. The molecular weight excluding hydrogens is 282 g/mol. The molecule has 8 heteroatoms. The second kappa shape index (κ2) is 8.85. The van der Waals surface area contributed by atoms with Crippen molar-refractivity contribution < 1.29 is 17.9 Å². The van der Waals surface area contributed by atoms with Crippen LogP contribution in [-0.2, 0) is 19.5 Å². The van der Waals surface area contributed by atoms with Crippen LogP contribution in [0.4, 0.5) is 5.82 Å². The Morgan fingerprint density at radius 2 is 2.10 bits per heavy atom. The molecule has 0 saturated heterocycles. The lowest BCUT2D eigenvalue weighted by Crippen LogP contribution is -2.25. The molecule has 1 aromatic rings. The predicted octanol–water partition coefficient (Wildman–Crippen LogP) is 0.455. The zero-order chi connectivity index (χ0) is 14.8. The number of rotatable bonds is 10. The molecule has 0 spiro atoms. The van der Waals surface area contributed by atoms with E-state index in [4.69, 9.17) is 9.47 Å². The van der Waals surface area contributed by atoms with Crippen LogP contribution in [0.25, 0.3) is 0 Å². The molecular formula is C12H21N3O4S. The average molecular weight is 303 g/mol. The van der Waals surface area contributed by atoms with Gasteiger partial charge in [-0.1, -0.05) is 0 Å². The Hall–Kier alpha value is -1.22. The van der Waals surface area contributed by atoms with Crippen molar-refractivity contribution in [1.82, 2.24) is 9.71 Å². The first-order valence-electron chi connectivity index (χ1n) is 6.30. The van der Waals surface area contributed by atoms with E-state index in [2.05, 4.69) is 15.0 Å². The van der Waals surface area contributed by atoms with Gasteiger partial charge >= 0.3 is 0 Å². The van der Waals surface area contributed by atoms with Crippen LogP contribution >= 0.6 is 0 Å². The lowest BCUT2D eigenvalue weighted by molar-refractivity contribution is 0.0699. The maximum Gasteiger partial charge on any atom is 0.240 e. The summed E-state index contributed by atoms with van der Waals surface area (Å²) >= 11 is 0. The summed E-state index contributed by atoms with van der Waals surface area (Å²) in [6.07, 6.45) is 2.06. The smallest absolute Gasteiger partial charge is 0.240 e. The molecule has 7 nitrogen and oxygen atoms in total. The highest BCUT2D eigenvalue weighted by Crippen LogP contribution is 2.11. The van der Waals surface area contributed by atoms with E-state index in [-0.39, 0.29) is 4.90 Å². The summed E-state index contributed by atoms with van der Waals surface area (Å²) in [6.45, 7) is 1.87. The highest BCUT2D eigenvalue weighted by molar-refractivity contribution is 7.89. The fourth-order valence-electron chi connectivity index (χ4n) is 1.42. The predicted molar refractivity (Wildman–Crippen MR) is 76.3 cm³/mol. The van der Waals surface area contributed by atoms with E-state index in [1.165, 1.54) is 18.3 Å². The van der Waals surface area contributed by atoms with Crippen LogP contribution in [0.1, 0.15) is 6.42 Å². The Labute approximate surface area is 119 Å². The molecule has 1 rings (SSSR count). The number of nitrogens with one attached hydrogen (secondary N) is 2. The van der Waals surface area contributed by atoms with Gasteiger partial charge in [0.1, 0.15) is 5.82 Å². The number of anilines is 1. The standard InChI is InChI=1S/C12H21N3O4S/c1-13-12-10-11(4-6-14-12)20(16,17)15-5-3-7-19-9-8-18-2/h4,6,10,15H,3,5,7-9H2,1-2H3,(H,13,14). The average Bonchev–Trinajstić information content (AvgIpc) is 2.46. The van der Waals surface area contributed by atoms with Gasteiger partial charge in [0, 0.05) is 39.6 Å². The van der Waals surface area contributed by atoms with Crippen molar-refractivity contribution in [2.75, 3.05) is 45.8 Å². The zero-order valence-electron chi connectivity index (χ0n) is 11.8. The number of hydrogen-bond acceptors (Lipinski definition) is 6. The molecule has 0 aromatic carbocycles. The lowest BCUT2D eigenvalue weighted by Gasteiger charge is -2.08. The molecule has 0 atom stereocenters. The van der Waals surface area contributed by atoms with Gasteiger partial charge in [-0.2, -0.15) is 0 Å². The van der Waals surface area contributed by atoms with Gasteiger partial charge in [-0.15, -0.1) is 0 Å². The number of methoxy groups -OCH3 is 1. The largest absolute Gasteiger partial charge is 0.382 e. The van der Waals surface area contributed by atoms with Crippen molar-refractivity contribution in [3.8, 4) is 0 Å². The molecule has 0 aliphatic rings. The molecule has 0 saturated carbocycles. The molecule has 0 bridgehead atoms. The summed E-state index contributed by atoms with van der Waals surface area (Å²) in [5, 5.41) is 2.80. The van der Waals surface area contributed by atoms with Crippen molar-refractivity contribution in [3.05, 3.63) is 18.3 Å². The summed E-state index contributed by atoms with van der Waals surface area (Å²) in [5.74, 6) is 0.510. The second-order valence-electron chi connectivity index (χ2n) is 3.98. The Bertz CT molecular complexity index is 493. The van der Waals surface area contributed by atoms with Gasteiger partial charge in [0.15, 0.2) is 0 Å². The molecule has 114 valence electrons. The Morgan fingerprint density at radius 3 is 2.80 bits per heavy atom. The van der Waals surface area contributed by atoms with Crippen LogP contribution < -0.4 is 10.0 Å². The number of pyridine rings is 1. The van der Waals surface area contributed by atoms with E-state index in [1.54, 1.807) is 14.2 Å². The number of sulfonamides is 1. The molecule has 2 N–H and O–H groups in total. The minimum absolute atomic E-state index is 0.192. The number of hydrogen-bond donors (Lipinski definition) is 2. The highest BCUT2D eigenvalue weighted by atomic mass is 32.2. The molecule has 1 aromatic heterocycles. The van der Waals surface area contributed by atoms with Crippen molar-refractivity contribution in [3.63, 3.8) is 0 Å². The third kappa shape index (κ3) is 5.83. The van der Waals surface area contributed by atoms with Crippen molar-refractivity contribution in [1.29, 1.82) is 0 Å². The SMILES string of the molecule is CNc1cc(S(=O)(=O)NCCCOCCOC)ccn1. The maximum atomic E-state index is 12.0. The zero-order valence-corrected chi connectivity index (χ0v) is 12.6. The monoisotopic (exact) mass is 303 g/mol. The normalized spacial score (nSPS) is 11.5. The summed E-state index contributed by atoms with van der Waals surface area (Å²) in [5.41, 5.74) is 0. The minimum Gasteiger partial charge on any atom is -0.382 e. The molecule has 0 amide bonds. The summed E-state index contributed by atoms with van der Waals surface area (Å²) < 4.78 is 36.6. The van der Waals surface area contributed by atoms with Crippen LogP contribution in [0.15, 0.2) is 23.2 Å². The quantitative estimate of drug-likeness (QED) is 0.610. The Balaban J connectivity index is 2.37. The summed E-state index contributed by atoms with van der Waals surface area (Å²) in [4.78, 5) is 4.17. The van der Waals surface area contributed by atoms with E-state index in [0.29, 0.717) is 38.6 Å². The van der Waals surface area contributed by atoms with Crippen molar-refractivity contribution >= 4 is 15.8 Å². The maximum absolute atomic E-state index is 12.0. The third-order valence-corrected chi connectivity index (χ3v) is 3.95. The Morgan fingerprint density at radius 1 is 1.30 bits per heavy atom. The first kappa shape index (κ1) is 16.8. The first-order chi connectivity index (χ1) is 9.60. The van der Waals surface area contributed by atoms with Gasteiger partial charge in [0.05, 0.1) is 18.1 Å². The number of nitrogens with zero attached hydrogens (tertiary/aromatic N) is 1. The van der Waals surface area contributed by atoms with Crippen LogP contribution in [0.2, 0.25) is 0 Å². The summed E-state index contributed by atoms with van der Waals surface area (Å²) in [6, 6.07) is 2.94. The van der Waals surface area contributed by atoms with Crippen LogP contribution in [-0.4, -0.2) is 53.9 Å². The van der Waals surface area contributed by atoms with Gasteiger partial charge in [-0.05, 0) is 12.5 Å². The van der Waals surface area contributed by atoms with Gasteiger partial charge in [0.2, 0.25) is 10.0 Å². The highest BCUT2D eigenvalue weighted by Gasteiger charge is 2.13. The van der Waals surface area contributed by atoms with E-state index < -0.39 is 10.0 Å². The van der Waals surface area contributed by atoms with Crippen molar-refractivity contribution in [2.45, 2.75) is 11.3 Å². The number of ether oxygens (including phenoxy) is 2. The third-order valence-electron chi connectivity index (χ3n) is 2.49. The van der Waals surface area contributed by atoms with Gasteiger partial charge in [-0.3, -0.25) is 0 Å². The van der Waals surface area contributed by atoms with Gasteiger partial charge in [-0.25, -0.2) is 18.1 Å². The number of aromatic nitrogens is 1. The van der Waals surface area contributed by atoms with Crippen LogP contribution in [0, 0.1) is 0 Å². The van der Waals surface area contributed by atoms with Crippen molar-refractivity contribution in [2.24, 2.45) is 0 Å². The van der Waals surface area contributed by atoms with E-state index in [1.807, 2.05) is 0 Å². The molecule has 0 radical (unpaired) electrons. The van der Waals surface area contributed by atoms with Crippen LogP contribution in [0.3, 0.4) is 0 Å². The molecule has 20 heavy (non-hydrogen) atoms. The molecule has 0 fully saturated rings. The molecule has 0 aliphatic carbocycles. The second-order valence-corrected chi connectivity index (χ2v) is 5.75. The molecule has 0 unspecified atom stereocenters.